The molecule has 0 saturated carbocycles. The van der Waals surface area contributed by atoms with Gasteiger partial charge in [0, 0.05) is 47.2 Å². The number of H-pyrrole nitrogens is 1. The maximum Gasteiger partial charge on any atom is 0.463 e. The molecule has 2 amide bonds. The highest BCUT2D eigenvalue weighted by molar-refractivity contribution is 6.52. The predicted octanol–water partition coefficient (Wildman–Crippen LogP) is 4.69. The molecule has 0 aliphatic carbocycles. The fourth-order valence-electron chi connectivity index (χ4n) is 5.12. The summed E-state index contributed by atoms with van der Waals surface area (Å²) in [6.45, 7) is 4.74. The molecule has 1 aromatic heterocycles. The first kappa shape index (κ1) is 31.3. The maximum absolute atomic E-state index is 15.4. The number of carbonyl (C=O) groups is 2. The average molecular weight is 611 g/mol. The second-order valence-corrected chi connectivity index (χ2v) is 10.6. The minimum absolute atomic E-state index is 0.147. The van der Waals surface area contributed by atoms with Crippen LogP contribution in [0.25, 0.3) is 5.57 Å². The summed E-state index contributed by atoms with van der Waals surface area (Å²) >= 11 is 0. The van der Waals surface area contributed by atoms with Crippen LogP contribution in [-0.4, -0.2) is 46.3 Å². The van der Waals surface area contributed by atoms with Crippen molar-refractivity contribution in [3.63, 3.8) is 0 Å². The van der Waals surface area contributed by atoms with Gasteiger partial charge in [0.2, 0.25) is 11.8 Å². The molecular weight excluding hydrogens is 574 g/mol. The first-order valence-electron chi connectivity index (χ1n) is 14.7. The highest BCUT2D eigenvalue weighted by Gasteiger charge is 2.31. The number of nitrogens with zero attached hydrogens (tertiary/aromatic N) is 3. The quantitative estimate of drug-likeness (QED) is 0.173. The third-order valence-electron chi connectivity index (χ3n) is 7.15. The standard InChI is InChI=1S/C32H36BFN8O3/c1-4-5-26-19-41(40-39-26)30-16-14-27(38-30)32(23-8-12-25(13-9-23)37-31(45)20-43)28-15-17-29(42(28)33(3)34)35-18-22-6-10-24(11-7-22)36-21(2)44/h6-17,19,38-40,43H,4-5,18,20H2,1-3H3,(H,36,44)(H,37,45). The van der Waals surface area contributed by atoms with E-state index in [2.05, 4.69) is 33.5 Å². The molecule has 13 heteroatoms. The number of aliphatic imine (C=N–C) groups is 1. The third-order valence-corrected chi connectivity index (χ3v) is 7.15. The average Bonchev–Trinajstić information content (AvgIpc) is 3.78. The second-order valence-electron chi connectivity index (χ2n) is 10.6. The summed E-state index contributed by atoms with van der Waals surface area (Å²) in [6.07, 6.45) is 7.54. The third kappa shape index (κ3) is 7.51. The topological polar surface area (TPSA) is 137 Å². The number of halogens is 1. The summed E-state index contributed by atoms with van der Waals surface area (Å²) in [7, 11) is -1.40. The van der Waals surface area contributed by atoms with E-state index in [-0.39, 0.29) is 5.91 Å². The van der Waals surface area contributed by atoms with E-state index < -0.39 is 19.6 Å². The lowest BCUT2D eigenvalue weighted by Crippen LogP contribution is -2.36. The Labute approximate surface area is 261 Å². The van der Waals surface area contributed by atoms with Crippen molar-refractivity contribution in [3.05, 3.63) is 107 Å². The molecule has 6 N–H and O–H groups in total. The molecule has 2 aromatic carbocycles. The summed E-state index contributed by atoms with van der Waals surface area (Å²) in [4.78, 5) is 32.8. The van der Waals surface area contributed by atoms with Crippen LogP contribution in [0.4, 0.5) is 21.5 Å². The van der Waals surface area contributed by atoms with E-state index in [1.807, 2.05) is 53.7 Å². The molecule has 232 valence electrons. The van der Waals surface area contributed by atoms with Crippen molar-refractivity contribution in [2.45, 2.75) is 40.1 Å². The van der Waals surface area contributed by atoms with E-state index >= 15 is 4.32 Å². The fourth-order valence-corrected chi connectivity index (χ4v) is 5.12. The van der Waals surface area contributed by atoms with E-state index in [0.717, 1.165) is 46.8 Å². The molecule has 2 aliphatic rings. The van der Waals surface area contributed by atoms with Gasteiger partial charge in [0.15, 0.2) is 0 Å². The number of aromatic nitrogens is 1. The van der Waals surface area contributed by atoms with Gasteiger partial charge in [-0.3, -0.25) is 14.6 Å². The van der Waals surface area contributed by atoms with Gasteiger partial charge in [0.25, 0.3) is 0 Å². The monoisotopic (exact) mass is 610 g/mol. The van der Waals surface area contributed by atoms with Crippen molar-refractivity contribution < 1.29 is 19.0 Å². The van der Waals surface area contributed by atoms with Crippen LogP contribution in [-0.2, 0) is 16.1 Å². The molecule has 0 spiro atoms. The van der Waals surface area contributed by atoms with Gasteiger partial charge >= 0.3 is 7.12 Å². The van der Waals surface area contributed by atoms with Gasteiger partial charge in [-0.15, -0.1) is 5.53 Å². The summed E-state index contributed by atoms with van der Waals surface area (Å²) in [5.41, 5.74) is 12.4. The summed E-state index contributed by atoms with van der Waals surface area (Å²) in [6, 6.07) is 18.4. The molecule has 3 heterocycles. The number of aliphatic hydroxyl groups is 1. The van der Waals surface area contributed by atoms with Crippen molar-refractivity contribution in [1.29, 1.82) is 0 Å². The van der Waals surface area contributed by atoms with Gasteiger partial charge in [-0.05, 0) is 72.9 Å². The van der Waals surface area contributed by atoms with Gasteiger partial charge in [0.1, 0.15) is 18.3 Å². The van der Waals surface area contributed by atoms with Gasteiger partial charge < -0.3 is 35.3 Å². The van der Waals surface area contributed by atoms with Crippen molar-refractivity contribution >= 4 is 47.5 Å². The van der Waals surface area contributed by atoms with Crippen LogP contribution in [0.1, 0.15) is 43.5 Å². The molecule has 0 bridgehead atoms. The Morgan fingerprint density at radius 2 is 1.71 bits per heavy atom. The number of amides is 2. The Bertz CT molecular complexity index is 1660. The lowest BCUT2D eigenvalue weighted by atomic mass is 9.86. The van der Waals surface area contributed by atoms with Gasteiger partial charge in [-0.25, -0.2) is 5.01 Å². The van der Waals surface area contributed by atoms with E-state index in [9.17, 15) is 9.59 Å². The van der Waals surface area contributed by atoms with E-state index in [0.29, 0.717) is 29.5 Å². The van der Waals surface area contributed by atoms with Crippen LogP contribution in [0.5, 0.6) is 0 Å². The number of anilines is 3. The molecular formula is C32H36BFN8O3. The Balaban J connectivity index is 1.50. The number of rotatable bonds is 11. The zero-order chi connectivity index (χ0) is 31.9. The highest BCUT2D eigenvalue weighted by atomic mass is 19.1. The Morgan fingerprint density at radius 3 is 2.38 bits per heavy atom. The molecule has 0 radical (unpaired) electrons. The minimum atomic E-state index is -1.40. The van der Waals surface area contributed by atoms with Crippen LogP contribution in [0.15, 0.2) is 95.4 Å². The molecule has 45 heavy (non-hydrogen) atoms. The number of nitrogens with one attached hydrogen (secondary N) is 5. The predicted molar refractivity (Wildman–Crippen MR) is 176 cm³/mol. The number of carbonyl (C=O) groups excluding carboxylic acids is 2. The number of hydrogen-bond donors (Lipinski definition) is 6. The fraction of sp³-hybridized carbons (Fsp3) is 0.219. The van der Waals surface area contributed by atoms with Crippen LogP contribution >= 0.6 is 0 Å². The highest BCUT2D eigenvalue weighted by Crippen LogP contribution is 2.35. The van der Waals surface area contributed by atoms with Gasteiger partial charge in [-0.1, -0.05) is 37.6 Å². The number of aliphatic hydroxyl groups excluding tert-OH is 1. The van der Waals surface area contributed by atoms with Crippen molar-refractivity contribution in [1.82, 2.24) is 20.8 Å². The Kier molecular flexibility index (Phi) is 9.81. The largest absolute Gasteiger partial charge is 0.463 e. The van der Waals surface area contributed by atoms with Crippen molar-refractivity contribution in [3.8, 4) is 0 Å². The zero-order valence-corrected chi connectivity index (χ0v) is 25.4. The van der Waals surface area contributed by atoms with Crippen LogP contribution < -0.4 is 26.6 Å². The van der Waals surface area contributed by atoms with Crippen LogP contribution in [0.3, 0.4) is 0 Å². The molecule has 3 aromatic rings. The van der Waals surface area contributed by atoms with Crippen LogP contribution in [0.2, 0.25) is 6.82 Å². The molecule has 0 atom stereocenters. The summed E-state index contributed by atoms with van der Waals surface area (Å²) in [5, 5.41) is 16.4. The molecule has 0 fully saturated rings. The van der Waals surface area contributed by atoms with Crippen molar-refractivity contribution in [2.24, 2.45) is 4.99 Å². The lowest BCUT2D eigenvalue weighted by molar-refractivity contribution is -0.118. The molecule has 5 rings (SSSR count). The second kappa shape index (κ2) is 14.1. The number of hydrazine groups is 2. The van der Waals surface area contributed by atoms with E-state index in [1.165, 1.54) is 13.7 Å². The molecule has 2 aliphatic heterocycles. The SMILES string of the molecule is CCCC1=CN(c2ccc(C(=C3C=CC(=NCc4ccc(NC(C)=O)cc4)N3B(C)F)c3ccc(NC(=O)CO)cc3)[nH]2)NN1. The summed E-state index contributed by atoms with van der Waals surface area (Å²) < 4.78 is 15.4. The smallest absolute Gasteiger partial charge is 0.387 e. The first-order valence-corrected chi connectivity index (χ1v) is 14.7. The number of allylic oxidation sites excluding steroid dienone is 2. The van der Waals surface area contributed by atoms with E-state index in [1.54, 1.807) is 35.2 Å². The molecule has 11 nitrogen and oxygen atoms in total. The lowest BCUT2D eigenvalue weighted by Gasteiger charge is -2.24. The molecule has 0 saturated heterocycles. The number of hydrogen-bond acceptors (Lipinski definition) is 7. The molecule has 0 unspecified atom stereocenters. The van der Waals surface area contributed by atoms with Crippen molar-refractivity contribution in [2.75, 3.05) is 22.2 Å². The number of aromatic amines is 1. The number of amidine groups is 1. The van der Waals surface area contributed by atoms with Gasteiger partial charge in [0.05, 0.1) is 6.54 Å². The Morgan fingerprint density at radius 1 is 1.00 bits per heavy atom. The first-order chi connectivity index (χ1) is 21.7. The van der Waals surface area contributed by atoms with Gasteiger partial charge in [-0.2, -0.15) is 0 Å². The van der Waals surface area contributed by atoms with E-state index in [4.69, 9.17) is 10.1 Å². The minimum Gasteiger partial charge on any atom is -0.387 e. The van der Waals surface area contributed by atoms with Crippen LogP contribution in [0, 0.1) is 0 Å². The maximum atomic E-state index is 15.4. The number of benzene rings is 2. The normalized spacial score (nSPS) is 16.1. The Hall–Kier alpha value is -5.14. The zero-order valence-electron chi connectivity index (χ0n) is 25.4. The summed E-state index contributed by atoms with van der Waals surface area (Å²) in [5.74, 6) is 0.595.